The fourth-order valence-corrected chi connectivity index (χ4v) is 2.24. The fourth-order valence-electron chi connectivity index (χ4n) is 1.39. The van der Waals surface area contributed by atoms with E-state index in [9.17, 15) is 0 Å². The summed E-state index contributed by atoms with van der Waals surface area (Å²) < 4.78 is 0. The zero-order chi connectivity index (χ0) is 10.8. The highest BCUT2D eigenvalue weighted by molar-refractivity contribution is 7.13. The normalized spacial score (nSPS) is 10.6. The number of nitrogens with zero attached hydrogens (tertiary/aromatic N) is 2. The van der Waals surface area contributed by atoms with Crippen LogP contribution in [0.5, 0.6) is 0 Å². The molecule has 0 aliphatic rings. The van der Waals surface area contributed by atoms with E-state index in [2.05, 4.69) is 16.9 Å². The van der Waals surface area contributed by atoms with E-state index < -0.39 is 0 Å². The van der Waals surface area contributed by atoms with E-state index in [0.717, 1.165) is 28.4 Å². The zero-order valence-electron chi connectivity index (χ0n) is 8.62. The zero-order valence-corrected chi connectivity index (χ0v) is 10.2. The minimum absolute atomic E-state index is 0.560. The van der Waals surface area contributed by atoms with Crippen molar-refractivity contribution in [2.45, 2.75) is 20.3 Å². The van der Waals surface area contributed by atoms with Crippen LogP contribution < -0.4 is 0 Å². The molecule has 0 bridgehead atoms. The summed E-state index contributed by atoms with van der Waals surface area (Å²) in [5, 5.41) is 2.57. The summed E-state index contributed by atoms with van der Waals surface area (Å²) in [5.74, 6) is 0.734. The lowest BCUT2D eigenvalue weighted by molar-refractivity contribution is 0.979. The van der Waals surface area contributed by atoms with Gasteiger partial charge in [-0.05, 0) is 24.8 Å². The lowest BCUT2D eigenvalue weighted by atomic mass is 10.2. The van der Waals surface area contributed by atoms with E-state index in [4.69, 9.17) is 11.6 Å². The average molecular weight is 239 g/mol. The van der Waals surface area contributed by atoms with Gasteiger partial charge in [-0.3, -0.25) is 0 Å². The van der Waals surface area contributed by atoms with Crippen LogP contribution in [0.2, 0.25) is 5.15 Å². The number of thiophene rings is 1. The molecule has 0 spiro atoms. The largest absolute Gasteiger partial charge is 0.232 e. The number of hydrogen-bond donors (Lipinski definition) is 0. The maximum Gasteiger partial charge on any atom is 0.171 e. The van der Waals surface area contributed by atoms with Crippen molar-refractivity contribution in [2.75, 3.05) is 0 Å². The summed E-state index contributed by atoms with van der Waals surface area (Å²) in [7, 11) is 0. The van der Waals surface area contributed by atoms with Gasteiger partial charge in [0.1, 0.15) is 5.15 Å². The first-order valence-corrected chi connectivity index (χ1v) is 6.05. The molecule has 0 fully saturated rings. The van der Waals surface area contributed by atoms with Gasteiger partial charge < -0.3 is 0 Å². The Morgan fingerprint density at radius 2 is 2.20 bits per heavy atom. The van der Waals surface area contributed by atoms with E-state index in [-0.39, 0.29) is 0 Å². The first-order valence-electron chi connectivity index (χ1n) is 4.79. The number of aryl methyl sites for hydroxylation is 1. The van der Waals surface area contributed by atoms with Crippen LogP contribution in [0.4, 0.5) is 0 Å². The van der Waals surface area contributed by atoms with Gasteiger partial charge in [0.25, 0.3) is 0 Å². The third kappa shape index (κ3) is 2.03. The third-order valence-electron chi connectivity index (χ3n) is 2.26. The van der Waals surface area contributed by atoms with Crippen molar-refractivity contribution in [3.8, 4) is 10.7 Å². The number of halogens is 1. The lowest BCUT2D eigenvalue weighted by Gasteiger charge is -2.05. The van der Waals surface area contributed by atoms with Crippen LogP contribution >= 0.6 is 22.9 Å². The first-order chi connectivity index (χ1) is 7.22. The molecule has 0 saturated carbocycles. The van der Waals surface area contributed by atoms with E-state index in [1.807, 2.05) is 24.4 Å². The molecule has 0 unspecified atom stereocenters. The standard InChI is InChI=1S/C11H11ClN2S/c1-3-8-7(2)10(12)14-11(13-8)9-5-4-6-15-9/h4-6H,3H2,1-2H3. The maximum absolute atomic E-state index is 6.07. The van der Waals surface area contributed by atoms with Crippen LogP contribution in [0.25, 0.3) is 10.7 Å². The summed E-state index contributed by atoms with van der Waals surface area (Å²) >= 11 is 7.69. The molecule has 2 aromatic heterocycles. The number of hydrogen-bond acceptors (Lipinski definition) is 3. The topological polar surface area (TPSA) is 25.8 Å². The minimum atomic E-state index is 0.560. The quantitative estimate of drug-likeness (QED) is 0.745. The number of rotatable bonds is 2. The van der Waals surface area contributed by atoms with Gasteiger partial charge >= 0.3 is 0 Å². The second-order valence-corrected chi connectivity index (χ2v) is 4.55. The Balaban J connectivity index is 2.55. The fraction of sp³-hybridized carbons (Fsp3) is 0.273. The molecule has 0 saturated heterocycles. The highest BCUT2D eigenvalue weighted by atomic mass is 35.5. The predicted octanol–water partition coefficient (Wildman–Crippen LogP) is 3.73. The van der Waals surface area contributed by atoms with E-state index in [1.165, 1.54) is 0 Å². The van der Waals surface area contributed by atoms with Crippen molar-refractivity contribution in [1.29, 1.82) is 0 Å². The predicted molar refractivity (Wildman–Crippen MR) is 64.5 cm³/mol. The Kier molecular flexibility index (Phi) is 3.03. The molecule has 0 amide bonds. The monoisotopic (exact) mass is 238 g/mol. The van der Waals surface area contributed by atoms with Crippen LogP contribution in [0, 0.1) is 6.92 Å². The summed E-state index contributed by atoms with van der Waals surface area (Å²) in [5.41, 5.74) is 2.01. The van der Waals surface area contributed by atoms with Gasteiger partial charge in [-0.1, -0.05) is 24.6 Å². The Morgan fingerprint density at radius 3 is 2.80 bits per heavy atom. The molecule has 15 heavy (non-hydrogen) atoms. The van der Waals surface area contributed by atoms with Crippen molar-refractivity contribution in [3.05, 3.63) is 33.9 Å². The molecule has 78 valence electrons. The first kappa shape index (κ1) is 10.6. The second-order valence-electron chi connectivity index (χ2n) is 3.24. The van der Waals surface area contributed by atoms with Crippen LogP contribution in [-0.4, -0.2) is 9.97 Å². The molecule has 0 N–H and O–H groups in total. The van der Waals surface area contributed by atoms with Gasteiger partial charge in [0, 0.05) is 11.3 Å². The van der Waals surface area contributed by atoms with Crippen molar-refractivity contribution in [1.82, 2.24) is 9.97 Å². The average Bonchev–Trinajstić information content (AvgIpc) is 2.75. The molecule has 2 aromatic rings. The lowest BCUT2D eigenvalue weighted by Crippen LogP contribution is -1.98. The van der Waals surface area contributed by atoms with E-state index in [1.54, 1.807) is 11.3 Å². The Bertz CT molecular complexity index is 466. The van der Waals surface area contributed by atoms with Crippen LogP contribution in [0.3, 0.4) is 0 Å². The Morgan fingerprint density at radius 1 is 1.40 bits per heavy atom. The van der Waals surface area contributed by atoms with Gasteiger partial charge in [0.05, 0.1) is 4.88 Å². The van der Waals surface area contributed by atoms with E-state index in [0.29, 0.717) is 5.15 Å². The molecule has 0 radical (unpaired) electrons. The molecular formula is C11H11ClN2S. The van der Waals surface area contributed by atoms with Crippen LogP contribution in [-0.2, 0) is 6.42 Å². The van der Waals surface area contributed by atoms with Crippen molar-refractivity contribution in [2.24, 2.45) is 0 Å². The molecule has 4 heteroatoms. The highest BCUT2D eigenvalue weighted by Gasteiger charge is 2.09. The van der Waals surface area contributed by atoms with Gasteiger partial charge in [0.15, 0.2) is 5.82 Å². The SMILES string of the molecule is CCc1nc(-c2cccs2)nc(Cl)c1C. The molecule has 2 rings (SSSR count). The molecule has 2 nitrogen and oxygen atoms in total. The van der Waals surface area contributed by atoms with Crippen molar-refractivity contribution in [3.63, 3.8) is 0 Å². The molecular weight excluding hydrogens is 228 g/mol. The molecule has 0 atom stereocenters. The second kappa shape index (κ2) is 4.29. The van der Waals surface area contributed by atoms with E-state index >= 15 is 0 Å². The molecule has 0 aromatic carbocycles. The highest BCUT2D eigenvalue weighted by Crippen LogP contribution is 2.25. The minimum Gasteiger partial charge on any atom is -0.232 e. The Hall–Kier alpha value is -0.930. The van der Waals surface area contributed by atoms with Gasteiger partial charge in [0.2, 0.25) is 0 Å². The van der Waals surface area contributed by atoms with Crippen LogP contribution in [0.15, 0.2) is 17.5 Å². The van der Waals surface area contributed by atoms with Crippen LogP contribution in [0.1, 0.15) is 18.2 Å². The Labute approximate surface area is 98.0 Å². The molecule has 2 heterocycles. The summed E-state index contributed by atoms with van der Waals surface area (Å²) in [6.45, 7) is 4.03. The van der Waals surface area contributed by atoms with Crippen molar-refractivity contribution < 1.29 is 0 Å². The smallest absolute Gasteiger partial charge is 0.171 e. The molecule has 0 aliphatic carbocycles. The summed E-state index contributed by atoms with van der Waals surface area (Å²) in [6, 6.07) is 3.99. The van der Waals surface area contributed by atoms with Gasteiger partial charge in [-0.25, -0.2) is 9.97 Å². The van der Waals surface area contributed by atoms with Gasteiger partial charge in [-0.2, -0.15) is 0 Å². The maximum atomic E-state index is 6.07. The van der Waals surface area contributed by atoms with Gasteiger partial charge in [-0.15, -0.1) is 11.3 Å². The number of aromatic nitrogens is 2. The third-order valence-corrected chi connectivity index (χ3v) is 3.50. The summed E-state index contributed by atoms with van der Waals surface area (Å²) in [6.07, 6.45) is 0.881. The molecule has 0 aliphatic heterocycles. The van der Waals surface area contributed by atoms with Crippen molar-refractivity contribution >= 4 is 22.9 Å². The summed E-state index contributed by atoms with van der Waals surface area (Å²) in [4.78, 5) is 9.86.